The van der Waals surface area contributed by atoms with Crippen LogP contribution < -0.4 is 5.32 Å². The fourth-order valence-corrected chi connectivity index (χ4v) is 3.91. The van der Waals surface area contributed by atoms with Gasteiger partial charge in [-0.25, -0.2) is 0 Å². The highest BCUT2D eigenvalue weighted by atomic mass is 32.2. The first kappa shape index (κ1) is 16.0. The molecular formula is C15H17N5OS2. The van der Waals surface area contributed by atoms with E-state index in [1.165, 1.54) is 35.9 Å². The zero-order valence-corrected chi connectivity index (χ0v) is 14.6. The number of hydrogen-bond acceptors (Lipinski definition) is 6. The zero-order valence-electron chi connectivity index (χ0n) is 12.9. The van der Waals surface area contributed by atoms with Gasteiger partial charge in [0.2, 0.25) is 5.91 Å². The van der Waals surface area contributed by atoms with Gasteiger partial charge >= 0.3 is 0 Å². The van der Waals surface area contributed by atoms with Gasteiger partial charge in [-0.3, -0.25) is 4.79 Å². The molecule has 2 aromatic heterocycles. The molecule has 2 aromatic rings. The molecule has 1 amide bonds. The van der Waals surface area contributed by atoms with E-state index in [2.05, 4.69) is 33.1 Å². The fraction of sp³-hybridized carbons (Fsp3) is 0.467. The Morgan fingerprint density at radius 2 is 2.39 bits per heavy atom. The van der Waals surface area contributed by atoms with Crippen molar-refractivity contribution in [3.8, 4) is 6.07 Å². The van der Waals surface area contributed by atoms with E-state index in [0.717, 1.165) is 17.5 Å². The maximum atomic E-state index is 12.3. The Hall–Kier alpha value is -1.85. The van der Waals surface area contributed by atoms with Gasteiger partial charge < -0.3 is 9.88 Å². The molecule has 0 spiro atoms. The van der Waals surface area contributed by atoms with E-state index >= 15 is 0 Å². The molecule has 1 unspecified atom stereocenters. The topological polar surface area (TPSA) is 83.6 Å². The van der Waals surface area contributed by atoms with Crippen molar-refractivity contribution >= 4 is 34.0 Å². The number of carbonyl (C=O) groups excluding carboxylic acids is 1. The highest BCUT2D eigenvalue weighted by molar-refractivity contribution is 8.00. The van der Waals surface area contributed by atoms with Crippen molar-refractivity contribution in [2.45, 2.75) is 49.6 Å². The lowest BCUT2D eigenvalue weighted by Crippen LogP contribution is -2.22. The predicted molar refractivity (Wildman–Crippen MR) is 90.7 cm³/mol. The first-order chi connectivity index (χ1) is 11.1. The number of nitrogens with one attached hydrogen (secondary N) is 1. The summed E-state index contributed by atoms with van der Waals surface area (Å²) in [5.41, 5.74) is 0.494. The molecule has 0 bridgehead atoms. The second-order valence-electron chi connectivity index (χ2n) is 5.38. The molecule has 0 saturated heterocycles. The lowest BCUT2D eigenvalue weighted by Gasteiger charge is -2.12. The van der Waals surface area contributed by atoms with Gasteiger partial charge in [0.05, 0.1) is 10.8 Å². The first-order valence-electron chi connectivity index (χ1n) is 7.52. The number of nitrogens with zero attached hydrogens (tertiary/aromatic N) is 4. The van der Waals surface area contributed by atoms with E-state index in [9.17, 15) is 4.79 Å². The second-order valence-corrected chi connectivity index (χ2v) is 7.61. The standard InChI is InChI=1S/C15H17N5OS2/c1-3-20-12(10-4-5-10)18-19-15(20)23-9(2)13(21)17-14-11(8-16)6-7-22-14/h6-7,9-10H,3-5H2,1-2H3,(H,17,21). The van der Waals surface area contributed by atoms with Crippen molar-refractivity contribution in [1.82, 2.24) is 14.8 Å². The number of thiophene rings is 1. The Kier molecular flexibility index (Phi) is 4.68. The van der Waals surface area contributed by atoms with E-state index in [-0.39, 0.29) is 11.2 Å². The van der Waals surface area contributed by atoms with E-state index in [1.54, 1.807) is 11.4 Å². The van der Waals surface area contributed by atoms with Crippen LogP contribution in [0.3, 0.4) is 0 Å². The minimum Gasteiger partial charge on any atom is -0.316 e. The van der Waals surface area contributed by atoms with E-state index < -0.39 is 0 Å². The number of hydrogen-bond donors (Lipinski definition) is 1. The summed E-state index contributed by atoms with van der Waals surface area (Å²) in [5.74, 6) is 1.44. The van der Waals surface area contributed by atoms with Gasteiger partial charge in [0.15, 0.2) is 5.16 Å². The van der Waals surface area contributed by atoms with Crippen molar-refractivity contribution < 1.29 is 4.79 Å². The molecule has 120 valence electrons. The number of carbonyl (C=O) groups is 1. The summed E-state index contributed by atoms with van der Waals surface area (Å²) in [7, 11) is 0. The molecular weight excluding hydrogens is 330 g/mol. The Balaban J connectivity index is 1.68. The molecule has 23 heavy (non-hydrogen) atoms. The molecule has 8 heteroatoms. The Bertz CT molecular complexity index is 756. The third kappa shape index (κ3) is 3.41. The molecule has 3 rings (SSSR count). The van der Waals surface area contributed by atoms with Crippen LogP contribution in [0.2, 0.25) is 0 Å². The normalized spacial score (nSPS) is 15.2. The van der Waals surface area contributed by atoms with E-state index in [0.29, 0.717) is 16.5 Å². The summed E-state index contributed by atoms with van der Waals surface area (Å²) in [6.45, 7) is 4.71. The van der Waals surface area contributed by atoms with Crippen LogP contribution in [0.15, 0.2) is 16.6 Å². The van der Waals surface area contributed by atoms with Crippen molar-refractivity contribution in [2.24, 2.45) is 0 Å². The molecule has 1 aliphatic rings. The molecule has 0 aromatic carbocycles. The Labute approximate surface area is 142 Å². The average molecular weight is 347 g/mol. The zero-order chi connectivity index (χ0) is 16.4. The average Bonchev–Trinajstić information content (AvgIpc) is 3.16. The predicted octanol–water partition coefficient (Wildman–Crippen LogP) is 3.23. The maximum absolute atomic E-state index is 12.3. The van der Waals surface area contributed by atoms with Crippen molar-refractivity contribution in [1.29, 1.82) is 5.26 Å². The summed E-state index contributed by atoms with van der Waals surface area (Å²) >= 11 is 2.76. The van der Waals surface area contributed by atoms with Gasteiger partial charge in [-0.2, -0.15) is 5.26 Å². The number of amides is 1. The van der Waals surface area contributed by atoms with Crippen LogP contribution in [-0.4, -0.2) is 25.9 Å². The van der Waals surface area contributed by atoms with E-state index in [1.807, 2.05) is 6.92 Å². The van der Waals surface area contributed by atoms with Crippen LogP contribution in [0, 0.1) is 11.3 Å². The summed E-state index contributed by atoms with van der Waals surface area (Å²) in [4.78, 5) is 12.3. The second kappa shape index (κ2) is 6.72. The summed E-state index contributed by atoms with van der Waals surface area (Å²) in [5, 5.41) is 23.2. The van der Waals surface area contributed by atoms with E-state index in [4.69, 9.17) is 5.26 Å². The molecule has 1 atom stereocenters. The highest BCUT2D eigenvalue weighted by Crippen LogP contribution is 2.40. The van der Waals surface area contributed by atoms with Crippen LogP contribution in [0.1, 0.15) is 44.0 Å². The van der Waals surface area contributed by atoms with Gasteiger partial charge in [0.25, 0.3) is 0 Å². The quantitative estimate of drug-likeness (QED) is 0.811. The Morgan fingerprint density at radius 1 is 1.61 bits per heavy atom. The lowest BCUT2D eigenvalue weighted by atomic mass is 10.3. The van der Waals surface area contributed by atoms with Gasteiger partial charge in [-0.15, -0.1) is 21.5 Å². The van der Waals surface area contributed by atoms with Crippen LogP contribution in [0.4, 0.5) is 5.00 Å². The van der Waals surface area contributed by atoms with Gasteiger partial charge in [0.1, 0.15) is 16.9 Å². The summed E-state index contributed by atoms with van der Waals surface area (Å²) in [6.07, 6.45) is 2.35. The molecule has 0 radical (unpaired) electrons. The number of nitriles is 1. The van der Waals surface area contributed by atoms with Crippen LogP contribution >= 0.6 is 23.1 Å². The summed E-state index contributed by atoms with van der Waals surface area (Å²) < 4.78 is 2.10. The Morgan fingerprint density at radius 3 is 3.04 bits per heavy atom. The largest absolute Gasteiger partial charge is 0.316 e. The molecule has 0 aliphatic heterocycles. The number of anilines is 1. The minimum atomic E-state index is -0.315. The van der Waals surface area contributed by atoms with Crippen molar-refractivity contribution in [2.75, 3.05) is 5.32 Å². The fourth-order valence-electron chi connectivity index (χ4n) is 2.25. The third-order valence-corrected chi connectivity index (χ3v) is 5.59. The maximum Gasteiger partial charge on any atom is 0.238 e. The van der Waals surface area contributed by atoms with Crippen LogP contribution in [0.5, 0.6) is 0 Å². The number of rotatable bonds is 6. The molecule has 2 heterocycles. The highest BCUT2D eigenvalue weighted by Gasteiger charge is 2.30. The minimum absolute atomic E-state index is 0.132. The molecule has 1 fully saturated rings. The van der Waals surface area contributed by atoms with Gasteiger partial charge in [-0.05, 0) is 38.1 Å². The first-order valence-corrected chi connectivity index (χ1v) is 9.28. The molecule has 1 aliphatic carbocycles. The molecule has 6 nitrogen and oxygen atoms in total. The lowest BCUT2D eigenvalue weighted by molar-refractivity contribution is -0.115. The van der Waals surface area contributed by atoms with Crippen LogP contribution in [0.25, 0.3) is 0 Å². The van der Waals surface area contributed by atoms with Crippen molar-refractivity contribution in [3.63, 3.8) is 0 Å². The number of thioether (sulfide) groups is 1. The van der Waals surface area contributed by atoms with Crippen molar-refractivity contribution in [3.05, 3.63) is 22.8 Å². The van der Waals surface area contributed by atoms with Gasteiger partial charge in [0, 0.05) is 12.5 Å². The monoisotopic (exact) mass is 347 g/mol. The summed E-state index contributed by atoms with van der Waals surface area (Å²) in [6, 6.07) is 3.78. The SMILES string of the molecule is CCn1c(SC(C)C(=O)Nc2sccc2C#N)nnc1C1CC1. The number of aromatic nitrogens is 3. The van der Waals surface area contributed by atoms with Crippen LogP contribution in [-0.2, 0) is 11.3 Å². The third-order valence-electron chi connectivity index (χ3n) is 3.68. The van der Waals surface area contributed by atoms with Gasteiger partial charge in [-0.1, -0.05) is 11.8 Å². The molecule has 1 N–H and O–H groups in total. The smallest absolute Gasteiger partial charge is 0.238 e. The molecule has 1 saturated carbocycles.